The van der Waals surface area contributed by atoms with Crippen LogP contribution in [0.3, 0.4) is 0 Å². The molecule has 1 N–H and O–H groups in total. The Morgan fingerprint density at radius 2 is 1.03 bits per heavy atom. The fourth-order valence-electron chi connectivity index (χ4n) is 4.25. The minimum absolute atomic E-state index is 0.436. The molecule has 0 aliphatic heterocycles. The second kappa shape index (κ2) is 19.5. The predicted octanol–water partition coefficient (Wildman–Crippen LogP) is 6.97. The molecule has 0 heterocycles. The zero-order chi connectivity index (χ0) is 23.4. The lowest BCUT2D eigenvalue weighted by Crippen LogP contribution is -2.42. The normalized spacial score (nSPS) is 15.2. The smallest absolute Gasteiger partial charge is 0.265 e. The van der Waals surface area contributed by atoms with Gasteiger partial charge in [-0.3, -0.25) is 4.57 Å². The first-order chi connectivity index (χ1) is 14.6. The molecule has 0 rings (SSSR count). The number of hydrogen-bond acceptors (Lipinski definition) is 3. The van der Waals surface area contributed by atoms with Crippen LogP contribution in [0, 0.1) is 0 Å². The third-order valence-corrected chi connectivity index (χ3v) is 6.48. The standard InChI is InChI=1S/C25H54NO4P/c1-5-6-7-8-9-10-11-12-13-14-15-16-17-18-19-20-21-22-23-25(24-26(2,3)4)30-31(27,28)29/h25H,5-24H2,1-4H3,(H-,27,28,29). The fraction of sp³-hybridized carbons (Fsp3) is 1.00. The molecule has 0 bridgehead atoms. The van der Waals surface area contributed by atoms with Crippen LogP contribution < -0.4 is 4.89 Å². The largest absolute Gasteiger partial charge is 0.756 e. The molecule has 0 aromatic heterocycles. The molecule has 0 fully saturated rings. The summed E-state index contributed by atoms with van der Waals surface area (Å²) >= 11 is 0. The molecule has 0 aromatic carbocycles. The summed E-state index contributed by atoms with van der Waals surface area (Å²) in [6.45, 7) is 2.85. The van der Waals surface area contributed by atoms with Gasteiger partial charge in [0, 0.05) is 0 Å². The Morgan fingerprint density at radius 3 is 1.32 bits per heavy atom. The van der Waals surface area contributed by atoms with E-state index in [1.165, 1.54) is 103 Å². The zero-order valence-corrected chi connectivity index (χ0v) is 22.2. The Morgan fingerprint density at radius 1 is 0.710 bits per heavy atom. The van der Waals surface area contributed by atoms with Crippen molar-refractivity contribution >= 4 is 7.82 Å². The lowest BCUT2D eigenvalue weighted by atomic mass is 10.0. The van der Waals surface area contributed by atoms with E-state index >= 15 is 0 Å². The highest BCUT2D eigenvalue weighted by molar-refractivity contribution is 7.44. The van der Waals surface area contributed by atoms with Crippen molar-refractivity contribution in [2.75, 3.05) is 27.7 Å². The number of phosphoric ester groups is 1. The van der Waals surface area contributed by atoms with Crippen LogP contribution in [-0.2, 0) is 9.09 Å². The van der Waals surface area contributed by atoms with Crippen molar-refractivity contribution < 1.29 is 23.4 Å². The van der Waals surface area contributed by atoms with Gasteiger partial charge >= 0.3 is 0 Å². The van der Waals surface area contributed by atoms with Gasteiger partial charge in [-0.1, -0.05) is 122 Å². The van der Waals surface area contributed by atoms with Crippen molar-refractivity contribution in [3.63, 3.8) is 0 Å². The average Bonchev–Trinajstić information content (AvgIpc) is 2.64. The van der Waals surface area contributed by atoms with Gasteiger partial charge in [0.1, 0.15) is 12.6 Å². The summed E-state index contributed by atoms with van der Waals surface area (Å²) in [6.07, 6.45) is 24.3. The van der Waals surface area contributed by atoms with Crippen molar-refractivity contribution in [2.24, 2.45) is 0 Å². The van der Waals surface area contributed by atoms with E-state index in [0.717, 1.165) is 12.8 Å². The van der Waals surface area contributed by atoms with Crippen LogP contribution in [-0.4, -0.2) is 43.2 Å². The number of unbranched alkanes of at least 4 members (excludes halogenated alkanes) is 17. The van der Waals surface area contributed by atoms with E-state index in [-0.39, 0.29) is 0 Å². The van der Waals surface area contributed by atoms with Crippen LogP contribution in [0.1, 0.15) is 129 Å². The maximum atomic E-state index is 11.1. The summed E-state index contributed by atoms with van der Waals surface area (Å²) in [5.74, 6) is 0. The maximum Gasteiger partial charge on any atom is 0.265 e. The predicted molar refractivity (Wildman–Crippen MR) is 131 cm³/mol. The molecule has 188 valence electrons. The minimum Gasteiger partial charge on any atom is -0.756 e. The Balaban J connectivity index is 3.45. The SMILES string of the molecule is CCCCCCCCCCCCCCCCCCCCC(C[N+](C)(C)C)OP(=O)([O-])O. The molecule has 2 atom stereocenters. The first-order valence-electron chi connectivity index (χ1n) is 13.2. The molecule has 31 heavy (non-hydrogen) atoms. The Labute approximate surface area is 194 Å². The lowest BCUT2D eigenvalue weighted by molar-refractivity contribution is -0.873. The topological polar surface area (TPSA) is 69.6 Å². The monoisotopic (exact) mass is 463 g/mol. The second-order valence-corrected chi connectivity index (χ2v) is 11.6. The van der Waals surface area contributed by atoms with Gasteiger partial charge in [0.15, 0.2) is 0 Å². The number of nitrogens with zero attached hydrogens (tertiary/aromatic N) is 1. The summed E-state index contributed by atoms with van der Waals surface area (Å²) in [7, 11) is 1.34. The van der Waals surface area contributed by atoms with Crippen LogP contribution in [0.5, 0.6) is 0 Å². The molecular formula is C25H54NO4P. The van der Waals surface area contributed by atoms with Gasteiger partial charge in [-0.25, -0.2) is 0 Å². The van der Waals surface area contributed by atoms with Gasteiger partial charge in [0.05, 0.1) is 21.1 Å². The van der Waals surface area contributed by atoms with Crippen molar-refractivity contribution in [3.8, 4) is 0 Å². The number of rotatable bonds is 23. The number of phosphoric acid groups is 1. The van der Waals surface area contributed by atoms with Gasteiger partial charge in [-0.2, -0.15) is 0 Å². The highest BCUT2D eigenvalue weighted by Gasteiger charge is 2.22. The molecule has 2 unspecified atom stereocenters. The molecule has 5 nitrogen and oxygen atoms in total. The van der Waals surface area contributed by atoms with E-state index in [0.29, 0.717) is 17.4 Å². The second-order valence-electron chi connectivity index (χ2n) is 10.5. The van der Waals surface area contributed by atoms with E-state index < -0.39 is 13.9 Å². The quantitative estimate of drug-likeness (QED) is 0.101. The van der Waals surface area contributed by atoms with Gasteiger partial charge in [-0.15, -0.1) is 0 Å². The molecule has 0 aromatic rings. The first-order valence-corrected chi connectivity index (χ1v) is 14.7. The maximum absolute atomic E-state index is 11.1. The summed E-state index contributed by atoms with van der Waals surface area (Å²) in [6, 6.07) is 0. The highest BCUT2D eigenvalue weighted by atomic mass is 31.2. The highest BCUT2D eigenvalue weighted by Crippen LogP contribution is 2.34. The lowest BCUT2D eigenvalue weighted by Gasteiger charge is -2.31. The Bertz CT molecular complexity index is 434. The first kappa shape index (κ1) is 31.1. The fourth-order valence-corrected chi connectivity index (χ4v) is 4.80. The minimum atomic E-state index is -4.66. The van der Waals surface area contributed by atoms with Crippen LogP contribution in [0.25, 0.3) is 0 Å². The summed E-state index contributed by atoms with van der Waals surface area (Å²) < 4.78 is 16.6. The average molecular weight is 464 g/mol. The van der Waals surface area contributed by atoms with Gasteiger partial charge in [-0.05, 0) is 6.42 Å². The van der Waals surface area contributed by atoms with E-state index in [9.17, 15) is 9.46 Å². The van der Waals surface area contributed by atoms with Crippen molar-refractivity contribution in [1.29, 1.82) is 0 Å². The van der Waals surface area contributed by atoms with Crippen LogP contribution in [0.2, 0.25) is 0 Å². The molecule has 0 spiro atoms. The molecule has 0 aliphatic rings. The van der Waals surface area contributed by atoms with E-state index in [4.69, 9.17) is 9.42 Å². The molecule has 0 saturated carbocycles. The van der Waals surface area contributed by atoms with E-state index in [1.54, 1.807) is 0 Å². The van der Waals surface area contributed by atoms with E-state index in [2.05, 4.69) is 6.92 Å². The molecular weight excluding hydrogens is 409 g/mol. The number of likely N-dealkylation sites (N-methyl/N-ethyl adjacent to an activating group) is 1. The number of hydrogen-bond donors (Lipinski definition) is 1. The summed E-state index contributed by atoms with van der Waals surface area (Å²) in [5.41, 5.74) is 0. The van der Waals surface area contributed by atoms with Crippen molar-refractivity contribution in [1.82, 2.24) is 0 Å². The van der Waals surface area contributed by atoms with Gasteiger partial charge in [0.2, 0.25) is 0 Å². The summed E-state index contributed by atoms with van der Waals surface area (Å²) in [4.78, 5) is 20.1. The van der Waals surface area contributed by atoms with Crippen molar-refractivity contribution in [3.05, 3.63) is 0 Å². The Hall–Kier alpha value is 0.0700. The molecule has 0 saturated heterocycles. The third kappa shape index (κ3) is 26.2. The zero-order valence-electron chi connectivity index (χ0n) is 21.3. The van der Waals surface area contributed by atoms with Crippen molar-refractivity contribution in [2.45, 2.75) is 135 Å². The van der Waals surface area contributed by atoms with Crippen LogP contribution in [0.15, 0.2) is 0 Å². The van der Waals surface area contributed by atoms with Gasteiger partial charge in [0.25, 0.3) is 7.82 Å². The molecule has 0 aliphatic carbocycles. The summed E-state index contributed by atoms with van der Waals surface area (Å²) in [5, 5.41) is 0. The number of quaternary nitrogens is 1. The van der Waals surface area contributed by atoms with Crippen LogP contribution in [0.4, 0.5) is 0 Å². The molecule has 0 amide bonds. The molecule has 0 radical (unpaired) electrons. The van der Waals surface area contributed by atoms with Gasteiger partial charge < -0.3 is 18.8 Å². The van der Waals surface area contributed by atoms with E-state index in [1.807, 2.05) is 21.1 Å². The molecule has 6 heteroatoms. The van der Waals surface area contributed by atoms with Crippen LogP contribution >= 0.6 is 7.82 Å². The third-order valence-electron chi connectivity index (χ3n) is 5.91. The Kier molecular flexibility index (Phi) is 19.6.